The van der Waals surface area contributed by atoms with Crippen molar-refractivity contribution in [3.63, 3.8) is 0 Å². The monoisotopic (exact) mass is 991 g/mol. The third kappa shape index (κ3) is 58.1. The lowest BCUT2D eigenvalue weighted by Crippen LogP contribution is -2.28. The molecule has 0 aromatic carbocycles. The predicted molar refractivity (Wildman–Crippen MR) is 315 cm³/mol. The molecule has 0 fully saturated rings. The van der Waals surface area contributed by atoms with Crippen LogP contribution < -0.4 is 0 Å². The van der Waals surface area contributed by atoms with Gasteiger partial charge in [-0.2, -0.15) is 0 Å². The fraction of sp³-hybridized carbons (Fsp3) is 0.582. The Kier molecular flexibility index (Phi) is 57.0. The van der Waals surface area contributed by atoms with Crippen LogP contribution in [0, 0.1) is 0 Å². The molecule has 1 N–H and O–H groups in total. The number of aliphatic hydroxyl groups excluding tert-OH is 1. The first-order valence-electron chi connectivity index (χ1n) is 29.0. The van der Waals surface area contributed by atoms with E-state index in [2.05, 4.69) is 172 Å². The minimum absolute atomic E-state index is 0.0859. The minimum atomic E-state index is -0.794. The Morgan fingerprint density at radius 2 is 0.556 bits per heavy atom. The van der Waals surface area contributed by atoms with Gasteiger partial charge in [0.25, 0.3) is 0 Å². The second-order valence-corrected chi connectivity index (χ2v) is 18.6. The number of allylic oxidation sites excluding steroid dienone is 26. The van der Waals surface area contributed by atoms with Crippen molar-refractivity contribution in [2.24, 2.45) is 0 Å². The fourth-order valence-electron chi connectivity index (χ4n) is 7.54. The normalized spacial score (nSPS) is 13.4. The Balaban J connectivity index is 3.59. The molecule has 1 atom stereocenters. The number of carbonyl (C=O) groups excluding carboxylic acids is 2. The van der Waals surface area contributed by atoms with Gasteiger partial charge in [0.2, 0.25) is 0 Å². The molecule has 1 unspecified atom stereocenters. The molecular formula is C67H106O5. The van der Waals surface area contributed by atoms with Gasteiger partial charge in [0.15, 0.2) is 6.10 Å². The molecule has 72 heavy (non-hydrogen) atoms. The van der Waals surface area contributed by atoms with Crippen LogP contribution in [0.1, 0.15) is 232 Å². The van der Waals surface area contributed by atoms with Crippen molar-refractivity contribution in [3.8, 4) is 0 Å². The maximum Gasteiger partial charge on any atom is 0.306 e. The molecule has 0 rings (SSSR count). The standard InChI is InChI=1S/C67H106O5/c1-3-5-7-9-11-13-15-17-19-21-23-25-26-27-28-29-30-31-32-33-34-35-36-37-38-39-40-42-44-46-48-50-52-54-56-58-60-62-67(70)72-65(63-68)64-71-66(69)61-59-57-55-53-51-49-47-45-43-41-24-22-20-18-16-14-12-10-8-6-4-2/h5-8,11-14,17-20,23-25,27-28,30-31,33-34,36-37,41,45,47,65,68H,3-4,9-10,15-16,21-22,26,29,32,35,38-40,42-44,46,48-64H2,1-2H3/b7-5-,8-6-,13-11-,14-12-,19-17-,20-18-,25-23-,28-27-,31-30-,34-33-,37-36-,41-24-,47-45-. The maximum atomic E-state index is 12.3. The summed E-state index contributed by atoms with van der Waals surface area (Å²) in [6, 6.07) is 0. The van der Waals surface area contributed by atoms with Crippen molar-refractivity contribution < 1.29 is 24.2 Å². The maximum absolute atomic E-state index is 12.3. The molecule has 0 aliphatic carbocycles. The molecule has 0 aromatic rings. The topological polar surface area (TPSA) is 72.8 Å². The Hall–Kier alpha value is -4.48. The van der Waals surface area contributed by atoms with Crippen molar-refractivity contribution >= 4 is 11.9 Å². The van der Waals surface area contributed by atoms with Crippen LogP contribution in [-0.2, 0) is 19.1 Å². The lowest BCUT2D eigenvalue weighted by Gasteiger charge is -2.15. The van der Waals surface area contributed by atoms with Gasteiger partial charge in [-0.25, -0.2) is 0 Å². The van der Waals surface area contributed by atoms with E-state index in [9.17, 15) is 14.7 Å². The number of ether oxygens (including phenoxy) is 2. The quantitative estimate of drug-likeness (QED) is 0.0373. The molecule has 0 aromatic heterocycles. The van der Waals surface area contributed by atoms with Crippen molar-refractivity contribution in [1.82, 2.24) is 0 Å². The van der Waals surface area contributed by atoms with Crippen molar-refractivity contribution in [1.29, 1.82) is 0 Å². The predicted octanol–water partition coefficient (Wildman–Crippen LogP) is 20.0. The lowest BCUT2D eigenvalue weighted by molar-refractivity contribution is -0.161. The third-order valence-corrected chi connectivity index (χ3v) is 11.8. The first kappa shape index (κ1) is 67.5. The third-order valence-electron chi connectivity index (χ3n) is 11.8. The van der Waals surface area contributed by atoms with E-state index in [0.717, 1.165) is 141 Å². The van der Waals surface area contributed by atoms with Crippen LogP contribution in [-0.4, -0.2) is 36.4 Å². The number of rotatable bonds is 51. The summed E-state index contributed by atoms with van der Waals surface area (Å²) in [5, 5.41) is 9.66. The van der Waals surface area contributed by atoms with Crippen LogP contribution in [0.4, 0.5) is 0 Å². The number of esters is 2. The lowest BCUT2D eigenvalue weighted by atomic mass is 10.0. The van der Waals surface area contributed by atoms with Gasteiger partial charge in [0.1, 0.15) is 6.61 Å². The van der Waals surface area contributed by atoms with Gasteiger partial charge >= 0.3 is 11.9 Å². The van der Waals surface area contributed by atoms with Gasteiger partial charge in [-0.05, 0) is 122 Å². The molecule has 5 heteroatoms. The van der Waals surface area contributed by atoms with E-state index in [0.29, 0.717) is 12.8 Å². The molecule has 0 spiro atoms. The Labute approximate surface area is 443 Å². The summed E-state index contributed by atoms with van der Waals surface area (Å²) in [4.78, 5) is 24.5. The molecule has 0 bridgehead atoms. The molecule has 0 saturated carbocycles. The molecule has 0 amide bonds. The minimum Gasteiger partial charge on any atom is -0.462 e. The summed E-state index contributed by atoms with van der Waals surface area (Å²) >= 11 is 0. The zero-order valence-electron chi connectivity index (χ0n) is 46.1. The van der Waals surface area contributed by atoms with Crippen molar-refractivity contribution in [3.05, 3.63) is 158 Å². The van der Waals surface area contributed by atoms with Crippen LogP contribution >= 0.6 is 0 Å². The summed E-state index contributed by atoms with van der Waals surface area (Å²) in [6.07, 6.45) is 93.5. The van der Waals surface area contributed by atoms with Gasteiger partial charge in [0.05, 0.1) is 6.61 Å². The number of hydrogen-bond acceptors (Lipinski definition) is 5. The molecule has 0 aliphatic rings. The summed E-state index contributed by atoms with van der Waals surface area (Å²) in [5.74, 6) is -0.624. The summed E-state index contributed by atoms with van der Waals surface area (Å²) in [6.45, 7) is 3.89. The van der Waals surface area contributed by atoms with E-state index in [-0.39, 0.29) is 25.2 Å². The first-order valence-corrected chi connectivity index (χ1v) is 29.0. The van der Waals surface area contributed by atoms with Crippen LogP contribution in [0.5, 0.6) is 0 Å². The zero-order chi connectivity index (χ0) is 52.0. The Bertz CT molecular complexity index is 1590. The highest BCUT2D eigenvalue weighted by Crippen LogP contribution is 2.14. The van der Waals surface area contributed by atoms with E-state index in [4.69, 9.17) is 9.47 Å². The van der Waals surface area contributed by atoms with E-state index in [1.807, 2.05) is 0 Å². The molecular weight excluding hydrogens is 885 g/mol. The van der Waals surface area contributed by atoms with E-state index in [1.54, 1.807) is 0 Å². The highest BCUT2D eigenvalue weighted by Gasteiger charge is 2.16. The summed E-state index contributed by atoms with van der Waals surface area (Å²) < 4.78 is 10.7. The van der Waals surface area contributed by atoms with Crippen LogP contribution in [0.15, 0.2) is 158 Å². The largest absolute Gasteiger partial charge is 0.462 e. The molecule has 404 valence electrons. The average molecular weight is 992 g/mol. The van der Waals surface area contributed by atoms with Gasteiger partial charge < -0.3 is 14.6 Å². The molecule has 0 radical (unpaired) electrons. The highest BCUT2D eigenvalue weighted by atomic mass is 16.6. The number of carbonyl (C=O) groups is 2. The summed E-state index contributed by atoms with van der Waals surface area (Å²) in [7, 11) is 0. The smallest absolute Gasteiger partial charge is 0.306 e. The van der Waals surface area contributed by atoms with Gasteiger partial charge in [0, 0.05) is 12.8 Å². The van der Waals surface area contributed by atoms with Gasteiger partial charge in [-0.15, -0.1) is 0 Å². The molecule has 0 aliphatic heterocycles. The van der Waals surface area contributed by atoms with Crippen LogP contribution in [0.3, 0.4) is 0 Å². The van der Waals surface area contributed by atoms with Gasteiger partial charge in [-0.3, -0.25) is 9.59 Å². The number of hydrogen-bond donors (Lipinski definition) is 1. The second kappa shape index (κ2) is 60.8. The van der Waals surface area contributed by atoms with E-state index in [1.165, 1.54) is 64.2 Å². The van der Waals surface area contributed by atoms with E-state index >= 15 is 0 Å². The first-order chi connectivity index (χ1) is 35.6. The van der Waals surface area contributed by atoms with Gasteiger partial charge in [-0.1, -0.05) is 255 Å². The SMILES string of the molecule is CC/C=C\C/C=C\C/C=C\C/C=C\C/C=C\C/C=C\C/C=C\C/C=C\CCCCCCCCCCCCCCC(=O)OC(CO)COC(=O)CCCCCCC/C=C\C/C=C\C/C=C\C/C=C\C/C=C\CC. The Morgan fingerprint density at radius 1 is 0.319 bits per heavy atom. The average Bonchev–Trinajstić information content (AvgIpc) is 3.38. The fourth-order valence-corrected chi connectivity index (χ4v) is 7.54. The van der Waals surface area contributed by atoms with Crippen LogP contribution in [0.2, 0.25) is 0 Å². The second-order valence-electron chi connectivity index (χ2n) is 18.6. The molecule has 5 nitrogen and oxygen atoms in total. The van der Waals surface area contributed by atoms with Crippen molar-refractivity contribution in [2.45, 2.75) is 238 Å². The molecule has 0 saturated heterocycles. The van der Waals surface area contributed by atoms with Crippen molar-refractivity contribution in [2.75, 3.05) is 13.2 Å². The zero-order valence-corrected chi connectivity index (χ0v) is 46.1. The van der Waals surface area contributed by atoms with Crippen LogP contribution in [0.25, 0.3) is 0 Å². The number of aliphatic hydroxyl groups is 1. The Morgan fingerprint density at radius 3 is 0.833 bits per heavy atom. The molecule has 0 heterocycles. The highest BCUT2D eigenvalue weighted by molar-refractivity contribution is 5.70. The van der Waals surface area contributed by atoms with E-state index < -0.39 is 6.10 Å². The number of unbranched alkanes of at least 4 members (excludes halogenated alkanes) is 17. The summed E-state index contributed by atoms with van der Waals surface area (Å²) in [5.41, 5.74) is 0.